The fraction of sp³-hybridized carbons (Fsp3) is 0.368. The van der Waals surface area contributed by atoms with Crippen molar-refractivity contribution in [1.29, 1.82) is 0 Å². The Morgan fingerprint density at radius 1 is 1.24 bits per heavy atom. The number of aryl methyl sites for hydroxylation is 2. The number of hydrogen-bond donors (Lipinski definition) is 1. The number of benzene rings is 1. The molecular weight excluding hydrogens is 352 g/mol. The zero-order chi connectivity index (χ0) is 16.9. The van der Waals surface area contributed by atoms with Crippen LogP contribution in [0.2, 0.25) is 0 Å². The average Bonchev–Trinajstić information content (AvgIpc) is 2.89. The van der Waals surface area contributed by atoms with Crippen molar-refractivity contribution in [1.82, 2.24) is 9.99 Å². The van der Waals surface area contributed by atoms with Gasteiger partial charge in [-0.1, -0.05) is 42.1 Å². The molecule has 3 rings (SSSR count). The third-order valence-corrected chi connectivity index (χ3v) is 5.20. The van der Waals surface area contributed by atoms with E-state index in [-0.39, 0.29) is 12.4 Å². The molecule has 0 spiro atoms. The number of rotatable bonds is 5. The lowest BCUT2D eigenvalue weighted by atomic mass is 10.1. The van der Waals surface area contributed by atoms with E-state index in [1.54, 1.807) is 11.8 Å². The summed E-state index contributed by atoms with van der Waals surface area (Å²) in [7, 11) is 0. The summed E-state index contributed by atoms with van der Waals surface area (Å²) in [5, 5.41) is 5.45. The Morgan fingerprint density at radius 3 is 2.64 bits per heavy atom. The Bertz CT molecular complexity index is 765. The van der Waals surface area contributed by atoms with Gasteiger partial charge < -0.3 is 4.57 Å². The molecule has 1 aliphatic heterocycles. The minimum atomic E-state index is 0. The number of hydrazone groups is 1. The van der Waals surface area contributed by atoms with Crippen molar-refractivity contribution in [3.63, 3.8) is 0 Å². The first-order valence-electron chi connectivity index (χ1n) is 8.40. The highest BCUT2D eigenvalue weighted by molar-refractivity contribution is 8.14. The van der Waals surface area contributed by atoms with E-state index in [4.69, 9.17) is 0 Å². The van der Waals surface area contributed by atoms with Crippen LogP contribution in [0.5, 0.6) is 0 Å². The minimum absolute atomic E-state index is 0. The highest BCUT2D eigenvalue weighted by Crippen LogP contribution is 2.21. The first-order chi connectivity index (χ1) is 11.7. The SMILES string of the molecule is CCN=C1NN=C(c2cc(C)n(CCc3ccccc3)c2C)CS1.Cl. The molecule has 0 radical (unpaired) electrons. The number of nitrogens with one attached hydrogen (secondary N) is 1. The predicted octanol–water partition coefficient (Wildman–Crippen LogP) is 4.19. The van der Waals surface area contributed by atoms with Crippen molar-refractivity contribution < 1.29 is 0 Å². The number of thioether (sulfide) groups is 1. The van der Waals surface area contributed by atoms with Crippen molar-refractivity contribution in [2.24, 2.45) is 10.1 Å². The second-order valence-electron chi connectivity index (χ2n) is 5.91. The molecule has 25 heavy (non-hydrogen) atoms. The van der Waals surface area contributed by atoms with Gasteiger partial charge in [-0.15, -0.1) is 12.4 Å². The monoisotopic (exact) mass is 376 g/mol. The van der Waals surface area contributed by atoms with Crippen molar-refractivity contribution >= 4 is 35.0 Å². The molecule has 134 valence electrons. The van der Waals surface area contributed by atoms with Gasteiger partial charge in [0.05, 0.1) is 5.71 Å². The summed E-state index contributed by atoms with van der Waals surface area (Å²) in [5.41, 5.74) is 9.38. The number of aliphatic imine (C=N–C) groups is 1. The van der Waals surface area contributed by atoms with Crippen molar-refractivity contribution in [2.45, 2.75) is 33.7 Å². The molecule has 0 unspecified atom stereocenters. The van der Waals surface area contributed by atoms with Gasteiger partial charge in [-0.2, -0.15) is 5.10 Å². The van der Waals surface area contributed by atoms with Crippen LogP contribution in [0.25, 0.3) is 0 Å². The number of nitrogens with zero attached hydrogens (tertiary/aromatic N) is 3. The zero-order valence-corrected chi connectivity index (χ0v) is 16.6. The maximum atomic E-state index is 4.54. The number of halogens is 1. The fourth-order valence-electron chi connectivity index (χ4n) is 3.00. The van der Waals surface area contributed by atoms with Crippen LogP contribution >= 0.6 is 24.2 Å². The van der Waals surface area contributed by atoms with E-state index < -0.39 is 0 Å². The van der Waals surface area contributed by atoms with Crippen LogP contribution in [0.15, 0.2) is 46.5 Å². The molecule has 0 saturated carbocycles. The van der Waals surface area contributed by atoms with E-state index in [2.05, 4.69) is 70.3 Å². The summed E-state index contributed by atoms with van der Waals surface area (Å²) in [5.74, 6) is 0.870. The van der Waals surface area contributed by atoms with Crippen LogP contribution in [-0.2, 0) is 13.0 Å². The van der Waals surface area contributed by atoms with E-state index in [9.17, 15) is 0 Å². The quantitative estimate of drug-likeness (QED) is 0.850. The standard InChI is InChI=1S/C19H24N4S.ClH/c1-4-20-19-22-21-18(13-24-19)17-12-14(2)23(15(17)3)11-10-16-8-6-5-7-9-16;/h5-9,12H,4,10-11,13H2,1-3H3,(H,20,22);1H. The van der Waals surface area contributed by atoms with Gasteiger partial charge in [0, 0.05) is 35.8 Å². The molecule has 1 N–H and O–H groups in total. The Morgan fingerprint density at radius 2 is 2.00 bits per heavy atom. The largest absolute Gasteiger partial charge is 0.348 e. The molecular formula is C19H25ClN4S. The van der Waals surface area contributed by atoms with Crippen LogP contribution in [0.1, 0.15) is 29.4 Å². The lowest BCUT2D eigenvalue weighted by Crippen LogP contribution is -2.25. The number of amidine groups is 1. The summed E-state index contributed by atoms with van der Waals surface area (Å²) < 4.78 is 2.39. The van der Waals surface area contributed by atoms with Gasteiger partial charge in [0.1, 0.15) is 0 Å². The molecule has 0 bridgehead atoms. The zero-order valence-electron chi connectivity index (χ0n) is 15.0. The molecule has 2 heterocycles. The molecule has 0 saturated heterocycles. The average molecular weight is 377 g/mol. The normalized spacial score (nSPS) is 15.5. The first kappa shape index (κ1) is 19.6. The smallest absolute Gasteiger partial charge is 0.177 e. The lowest BCUT2D eigenvalue weighted by molar-refractivity contribution is 0.663. The molecule has 1 aromatic carbocycles. The maximum Gasteiger partial charge on any atom is 0.177 e. The van der Waals surface area contributed by atoms with Crippen LogP contribution in [0.4, 0.5) is 0 Å². The third kappa shape index (κ3) is 4.67. The Kier molecular flexibility index (Phi) is 7.14. The van der Waals surface area contributed by atoms with E-state index in [0.29, 0.717) is 0 Å². The van der Waals surface area contributed by atoms with E-state index in [1.807, 2.05) is 6.92 Å². The molecule has 0 amide bonds. The van der Waals surface area contributed by atoms with Gasteiger partial charge in [-0.3, -0.25) is 10.4 Å². The van der Waals surface area contributed by atoms with Crippen molar-refractivity contribution in [2.75, 3.05) is 12.3 Å². The van der Waals surface area contributed by atoms with E-state index in [0.717, 1.165) is 36.1 Å². The van der Waals surface area contributed by atoms with E-state index in [1.165, 1.54) is 22.5 Å². The van der Waals surface area contributed by atoms with Gasteiger partial charge in [-0.25, -0.2) is 0 Å². The number of aromatic nitrogens is 1. The summed E-state index contributed by atoms with van der Waals surface area (Å²) in [4.78, 5) is 4.38. The van der Waals surface area contributed by atoms with Gasteiger partial charge in [0.25, 0.3) is 0 Å². The predicted molar refractivity (Wildman–Crippen MR) is 111 cm³/mol. The second-order valence-corrected chi connectivity index (χ2v) is 6.87. The summed E-state index contributed by atoms with van der Waals surface area (Å²) in [6, 6.07) is 12.9. The van der Waals surface area contributed by atoms with Crippen LogP contribution < -0.4 is 5.43 Å². The molecule has 4 nitrogen and oxygen atoms in total. The van der Waals surface area contributed by atoms with Gasteiger partial charge in [-0.05, 0) is 38.8 Å². The molecule has 1 aromatic heterocycles. The molecule has 0 fully saturated rings. The van der Waals surface area contributed by atoms with Crippen molar-refractivity contribution in [3.8, 4) is 0 Å². The number of hydrogen-bond acceptors (Lipinski definition) is 3. The molecule has 0 aliphatic carbocycles. The summed E-state index contributed by atoms with van der Waals surface area (Å²) in [6.07, 6.45) is 1.05. The van der Waals surface area contributed by atoms with Crippen molar-refractivity contribution in [3.05, 3.63) is 58.9 Å². The highest BCUT2D eigenvalue weighted by Gasteiger charge is 2.18. The van der Waals surface area contributed by atoms with Gasteiger partial charge in [0.15, 0.2) is 5.17 Å². The molecule has 1 aliphatic rings. The minimum Gasteiger partial charge on any atom is -0.348 e. The van der Waals surface area contributed by atoms with Crippen LogP contribution in [-0.4, -0.2) is 27.7 Å². The Hall–Kier alpha value is -1.72. The Balaban J connectivity index is 0.00000225. The van der Waals surface area contributed by atoms with Gasteiger partial charge in [0.2, 0.25) is 0 Å². The van der Waals surface area contributed by atoms with Gasteiger partial charge >= 0.3 is 0 Å². The lowest BCUT2D eigenvalue weighted by Gasteiger charge is -2.15. The summed E-state index contributed by atoms with van der Waals surface area (Å²) in [6.45, 7) is 8.19. The molecule has 0 atom stereocenters. The van der Waals surface area contributed by atoms with Crippen LogP contribution in [0, 0.1) is 13.8 Å². The Labute approximate surface area is 160 Å². The maximum absolute atomic E-state index is 4.54. The molecule has 2 aromatic rings. The fourth-order valence-corrected chi connectivity index (χ4v) is 3.83. The highest BCUT2D eigenvalue weighted by atomic mass is 35.5. The molecule has 6 heteroatoms. The second kappa shape index (κ2) is 9.11. The van der Waals surface area contributed by atoms with E-state index >= 15 is 0 Å². The first-order valence-corrected chi connectivity index (χ1v) is 9.38. The third-order valence-electron chi connectivity index (χ3n) is 4.29. The topological polar surface area (TPSA) is 41.7 Å². The summed E-state index contributed by atoms with van der Waals surface area (Å²) >= 11 is 1.72. The van der Waals surface area contributed by atoms with Crippen LogP contribution in [0.3, 0.4) is 0 Å².